The lowest BCUT2D eigenvalue weighted by Gasteiger charge is -2.34. The first-order valence-electron chi connectivity index (χ1n) is 11.9. The van der Waals surface area contributed by atoms with E-state index in [2.05, 4.69) is 34.5 Å². The second-order valence-corrected chi connectivity index (χ2v) is 9.34. The number of ether oxygens (including phenoxy) is 1. The molecular formula is C29H32N2O3. The number of hydrogen-bond acceptors (Lipinski definition) is 4. The van der Waals surface area contributed by atoms with Gasteiger partial charge in [-0.3, -0.25) is 14.5 Å². The molecule has 0 bridgehead atoms. The Hall–Kier alpha value is -3.44. The number of likely N-dealkylation sites (tertiary alicyclic amines) is 1. The molecule has 1 aliphatic heterocycles. The summed E-state index contributed by atoms with van der Waals surface area (Å²) in [6.45, 7) is 6.40. The number of piperidine rings is 1. The SMILES string of the molecule is CC(C)(Oc1ccc(C(=O)c2ccccc2)cc1)C(=O)NC1CCN(Cc2ccccc2)CC1. The molecule has 176 valence electrons. The number of carbonyl (C=O) groups excluding carboxylic acids is 2. The molecule has 0 radical (unpaired) electrons. The summed E-state index contributed by atoms with van der Waals surface area (Å²) < 4.78 is 6.01. The molecule has 3 aromatic rings. The van der Waals surface area contributed by atoms with Gasteiger partial charge in [0.15, 0.2) is 11.4 Å². The van der Waals surface area contributed by atoms with Gasteiger partial charge in [0.05, 0.1) is 0 Å². The van der Waals surface area contributed by atoms with Crippen LogP contribution in [-0.2, 0) is 11.3 Å². The van der Waals surface area contributed by atoms with Crippen molar-refractivity contribution < 1.29 is 14.3 Å². The van der Waals surface area contributed by atoms with Crippen LogP contribution in [0.5, 0.6) is 5.75 Å². The molecule has 1 fully saturated rings. The number of ketones is 1. The molecule has 1 aliphatic rings. The highest BCUT2D eigenvalue weighted by Gasteiger charge is 2.32. The zero-order chi connectivity index (χ0) is 24.0. The number of nitrogens with zero attached hydrogens (tertiary/aromatic N) is 1. The lowest BCUT2D eigenvalue weighted by atomic mass is 10.0. The van der Waals surface area contributed by atoms with Crippen LogP contribution in [0.2, 0.25) is 0 Å². The molecule has 5 heteroatoms. The fraction of sp³-hybridized carbons (Fsp3) is 0.310. The monoisotopic (exact) mass is 456 g/mol. The first kappa shape index (κ1) is 23.7. The van der Waals surface area contributed by atoms with Crippen LogP contribution in [0.1, 0.15) is 48.2 Å². The molecule has 0 saturated carbocycles. The van der Waals surface area contributed by atoms with E-state index < -0.39 is 5.60 Å². The van der Waals surface area contributed by atoms with Gasteiger partial charge in [0.25, 0.3) is 5.91 Å². The minimum Gasteiger partial charge on any atom is -0.478 e. The maximum absolute atomic E-state index is 13.0. The summed E-state index contributed by atoms with van der Waals surface area (Å²) in [7, 11) is 0. The Morgan fingerprint density at radius 2 is 1.41 bits per heavy atom. The third-order valence-corrected chi connectivity index (χ3v) is 6.24. The van der Waals surface area contributed by atoms with Crippen molar-refractivity contribution in [3.63, 3.8) is 0 Å². The van der Waals surface area contributed by atoms with Gasteiger partial charge in [-0.1, -0.05) is 60.7 Å². The molecule has 0 aromatic heterocycles. The predicted molar refractivity (Wildman–Crippen MR) is 134 cm³/mol. The van der Waals surface area contributed by atoms with Crippen LogP contribution in [0.15, 0.2) is 84.9 Å². The largest absolute Gasteiger partial charge is 0.478 e. The van der Waals surface area contributed by atoms with E-state index in [0.717, 1.165) is 32.5 Å². The summed E-state index contributed by atoms with van der Waals surface area (Å²) in [6, 6.07) is 26.8. The van der Waals surface area contributed by atoms with Gasteiger partial charge in [0.1, 0.15) is 5.75 Å². The summed E-state index contributed by atoms with van der Waals surface area (Å²) >= 11 is 0. The standard InChI is InChI=1S/C29H32N2O3/c1-29(2,34-26-15-13-24(14-16-26)27(32)23-11-7-4-8-12-23)28(33)30-25-17-19-31(20-18-25)21-22-9-5-3-6-10-22/h3-16,25H,17-21H2,1-2H3,(H,30,33). The van der Waals surface area contributed by atoms with Crippen LogP contribution in [0.25, 0.3) is 0 Å². The number of nitrogens with one attached hydrogen (secondary N) is 1. The maximum Gasteiger partial charge on any atom is 0.263 e. The number of amides is 1. The van der Waals surface area contributed by atoms with Crippen LogP contribution < -0.4 is 10.1 Å². The highest BCUT2D eigenvalue weighted by atomic mass is 16.5. The van der Waals surface area contributed by atoms with Crippen LogP contribution >= 0.6 is 0 Å². The van der Waals surface area contributed by atoms with Crippen molar-refractivity contribution in [3.05, 3.63) is 102 Å². The van der Waals surface area contributed by atoms with Gasteiger partial charge in [-0.05, 0) is 56.5 Å². The fourth-order valence-corrected chi connectivity index (χ4v) is 4.21. The van der Waals surface area contributed by atoms with Crippen LogP contribution in [0.4, 0.5) is 0 Å². The van der Waals surface area contributed by atoms with Crippen LogP contribution in [0, 0.1) is 0 Å². The zero-order valence-electron chi connectivity index (χ0n) is 19.9. The van der Waals surface area contributed by atoms with Crippen LogP contribution in [-0.4, -0.2) is 41.3 Å². The van der Waals surface area contributed by atoms with Crippen molar-refractivity contribution in [2.45, 2.75) is 44.9 Å². The van der Waals surface area contributed by atoms with E-state index in [0.29, 0.717) is 16.9 Å². The molecule has 0 atom stereocenters. The first-order chi connectivity index (χ1) is 16.4. The van der Waals surface area contributed by atoms with Gasteiger partial charge in [0, 0.05) is 36.8 Å². The van der Waals surface area contributed by atoms with E-state index in [9.17, 15) is 9.59 Å². The molecule has 3 aromatic carbocycles. The van der Waals surface area contributed by atoms with E-state index in [1.54, 1.807) is 50.2 Å². The molecule has 1 heterocycles. The second kappa shape index (κ2) is 10.7. The average molecular weight is 457 g/mol. The molecular weight excluding hydrogens is 424 g/mol. The van der Waals surface area contributed by atoms with E-state index in [-0.39, 0.29) is 17.7 Å². The predicted octanol–water partition coefficient (Wildman–Crippen LogP) is 4.86. The summed E-state index contributed by atoms with van der Waals surface area (Å²) in [6.07, 6.45) is 1.84. The molecule has 1 amide bonds. The Balaban J connectivity index is 1.27. The van der Waals surface area contributed by atoms with Gasteiger partial charge in [0.2, 0.25) is 0 Å². The quantitative estimate of drug-likeness (QED) is 0.492. The van der Waals surface area contributed by atoms with Gasteiger partial charge >= 0.3 is 0 Å². The smallest absolute Gasteiger partial charge is 0.263 e. The van der Waals surface area contributed by atoms with Gasteiger partial charge in [-0.15, -0.1) is 0 Å². The van der Waals surface area contributed by atoms with Crippen molar-refractivity contribution in [1.82, 2.24) is 10.2 Å². The lowest BCUT2D eigenvalue weighted by Crippen LogP contribution is -2.52. The van der Waals surface area contributed by atoms with Crippen molar-refractivity contribution in [1.29, 1.82) is 0 Å². The highest BCUT2D eigenvalue weighted by molar-refractivity contribution is 6.09. The van der Waals surface area contributed by atoms with Crippen molar-refractivity contribution >= 4 is 11.7 Å². The average Bonchev–Trinajstić information content (AvgIpc) is 2.86. The maximum atomic E-state index is 13.0. The van der Waals surface area contributed by atoms with Gasteiger partial charge < -0.3 is 10.1 Å². The van der Waals surface area contributed by atoms with Crippen LogP contribution in [0.3, 0.4) is 0 Å². The minimum absolute atomic E-state index is 0.0391. The molecule has 1 N–H and O–H groups in total. The molecule has 4 rings (SSSR count). The second-order valence-electron chi connectivity index (χ2n) is 9.34. The first-order valence-corrected chi connectivity index (χ1v) is 11.9. The Kier molecular flexibility index (Phi) is 7.43. The Bertz CT molecular complexity index is 1090. The van der Waals surface area contributed by atoms with Gasteiger partial charge in [-0.2, -0.15) is 0 Å². The third kappa shape index (κ3) is 6.12. The zero-order valence-corrected chi connectivity index (χ0v) is 19.9. The Labute approximate surface area is 201 Å². The topological polar surface area (TPSA) is 58.6 Å². The molecule has 0 aliphatic carbocycles. The van der Waals surface area contributed by atoms with E-state index >= 15 is 0 Å². The molecule has 0 spiro atoms. The molecule has 0 unspecified atom stereocenters. The fourth-order valence-electron chi connectivity index (χ4n) is 4.21. The highest BCUT2D eigenvalue weighted by Crippen LogP contribution is 2.22. The lowest BCUT2D eigenvalue weighted by molar-refractivity contribution is -0.135. The normalized spacial score (nSPS) is 15.0. The molecule has 1 saturated heterocycles. The number of carbonyl (C=O) groups is 2. The number of hydrogen-bond donors (Lipinski definition) is 1. The molecule has 5 nitrogen and oxygen atoms in total. The van der Waals surface area contributed by atoms with E-state index in [4.69, 9.17) is 4.74 Å². The summed E-state index contributed by atoms with van der Waals surface area (Å²) in [5.41, 5.74) is 1.52. The Morgan fingerprint density at radius 1 is 0.853 bits per heavy atom. The Morgan fingerprint density at radius 3 is 2.03 bits per heavy atom. The van der Waals surface area contributed by atoms with Crippen molar-refractivity contribution in [2.75, 3.05) is 13.1 Å². The summed E-state index contributed by atoms with van der Waals surface area (Å²) in [5.74, 6) is 0.392. The van der Waals surface area contributed by atoms with Crippen molar-refractivity contribution in [2.24, 2.45) is 0 Å². The summed E-state index contributed by atoms with van der Waals surface area (Å²) in [4.78, 5) is 28.0. The van der Waals surface area contributed by atoms with Crippen molar-refractivity contribution in [3.8, 4) is 5.75 Å². The van der Waals surface area contributed by atoms with E-state index in [1.807, 2.05) is 24.3 Å². The summed E-state index contributed by atoms with van der Waals surface area (Å²) in [5, 5.41) is 3.17. The van der Waals surface area contributed by atoms with E-state index in [1.165, 1.54) is 5.56 Å². The number of benzene rings is 3. The third-order valence-electron chi connectivity index (χ3n) is 6.24. The number of rotatable bonds is 8. The minimum atomic E-state index is -1.02. The van der Waals surface area contributed by atoms with Gasteiger partial charge in [-0.25, -0.2) is 0 Å². The molecule has 34 heavy (non-hydrogen) atoms.